The predicted octanol–water partition coefficient (Wildman–Crippen LogP) is 2.84. The van der Waals surface area contributed by atoms with Crippen LogP contribution >= 0.6 is 0 Å². The molecule has 18 heavy (non-hydrogen) atoms. The van der Waals surface area contributed by atoms with Crippen LogP contribution in [0.4, 0.5) is 0 Å². The van der Waals surface area contributed by atoms with Gasteiger partial charge in [-0.25, -0.2) is 4.98 Å². The molecule has 0 N–H and O–H groups in total. The Morgan fingerprint density at radius 1 is 1.22 bits per heavy atom. The highest BCUT2D eigenvalue weighted by atomic mass is 15.0. The van der Waals surface area contributed by atoms with Gasteiger partial charge in [0.2, 0.25) is 0 Å². The van der Waals surface area contributed by atoms with Crippen LogP contribution in [0.15, 0.2) is 24.5 Å². The van der Waals surface area contributed by atoms with Crippen molar-refractivity contribution in [3.8, 4) is 17.3 Å². The van der Waals surface area contributed by atoms with Crippen molar-refractivity contribution in [1.82, 2.24) is 9.55 Å². The molecule has 0 saturated carbocycles. The van der Waals surface area contributed by atoms with E-state index in [4.69, 9.17) is 0 Å². The lowest BCUT2D eigenvalue weighted by molar-refractivity contribution is 0.686. The maximum absolute atomic E-state index is 9.18. The molecule has 1 aromatic carbocycles. The van der Waals surface area contributed by atoms with Crippen LogP contribution in [-0.2, 0) is 19.9 Å². The lowest BCUT2D eigenvalue weighted by atomic mass is 9.90. The fourth-order valence-corrected chi connectivity index (χ4v) is 2.65. The molecular weight excluding hydrogens is 222 g/mol. The van der Waals surface area contributed by atoms with Crippen molar-refractivity contribution < 1.29 is 0 Å². The van der Waals surface area contributed by atoms with Crippen LogP contribution < -0.4 is 0 Å². The Labute approximate surface area is 107 Å². The van der Waals surface area contributed by atoms with Crippen molar-refractivity contribution in [2.75, 3.05) is 0 Å². The average molecular weight is 237 g/mol. The summed E-state index contributed by atoms with van der Waals surface area (Å²) in [6.07, 6.45) is 6.59. The number of hydrogen-bond acceptors (Lipinski definition) is 2. The molecule has 0 saturated heterocycles. The van der Waals surface area contributed by atoms with Crippen LogP contribution in [-0.4, -0.2) is 9.55 Å². The third-order valence-electron chi connectivity index (χ3n) is 3.66. The monoisotopic (exact) mass is 237 g/mol. The highest BCUT2D eigenvalue weighted by Gasteiger charge is 2.14. The molecule has 0 fully saturated rings. The van der Waals surface area contributed by atoms with Gasteiger partial charge in [-0.05, 0) is 42.9 Å². The molecule has 3 rings (SSSR count). The van der Waals surface area contributed by atoms with E-state index in [-0.39, 0.29) is 0 Å². The van der Waals surface area contributed by atoms with Crippen molar-refractivity contribution >= 4 is 0 Å². The van der Waals surface area contributed by atoms with Crippen molar-refractivity contribution in [3.63, 3.8) is 0 Å². The SMILES string of the molecule is Cn1cnc(-c2ccc3c(c2)CCCC3)c1C#N. The Balaban J connectivity index is 2.10. The summed E-state index contributed by atoms with van der Waals surface area (Å²) in [5.41, 5.74) is 5.37. The number of aryl methyl sites for hydroxylation is 3. The third kappa shape index (κ3) is 1.70. The molecule has 1 aliphatic carbocycles. The molecule has 1 aromatic heterocycles. The molecule has 0 radical (unpaired) electrons. The molecule has 0 atom stereocenters. The van der Waals surface area contributed by atoms with Gasteiger partial charge in [0.15, 0.2) is 0 Å². The molecule has 3 heteroatoms. The Hall–Kier alpha value is -2.08. The van der Waals surface area contributed by atoms with Gasteiger partial charge in [-0.15, -0.1) is 0 Å². The van der Waals surface area contributed by atoms with E-state index in [9.17, 15) is 5.26 Å². The van der Waals surface area contributed by atoms with Crippen LogP contribution in [0.1, 0.15) is 29.7 Å². The summed E-state index contributed by atoms with van der Waals surface area (Å²) < 4.78 is 1.77. The minimum absolute atomic E-state index is 0.630. The number of rotatable bonds is 1. The summed E-state index contributed by atoms with van der Waals surface area (Å²) >= 11 is 0. The normalized spacial score (nSPS) is 14.0. The minimum atomic E-state index is 0.630. The van der Waals surface area contributed by atoms with Crippen LogP contribution in [0.5, 0.6) is 0 Å². The molecule has 90 valence electrons. The van der Waals surface area contributed by atoms with Crippen molar-refractivity contribution in [1.29, 1.82) is 5.26 Å². The molecule has 0 bridgehead atoms. The quantitative estimate of drug-likeness (QED) is 0.765. The highest BCUT2D eigenvalue weighted by Crippen LogP contribution is 2.28. The fraction of sp³-hybridized carbons (Fsp3) is 0.333. The minimum Gasteiger partial charge on any atom is -0.325 e. The molecular formula is C15H15N3. The molecule has 3 nitrogen and oxygen atoms in total. The van der Waals surface area contributed by atoms with Crippen molar-refractivity contribution in [3.05, 3.63) is 41.3 Å². The Morgan fingerprint density at radius 3 is 2.78 bits per heavy atom. The van der Waals surface area contributed by atoms with Crippen LogP contribution in [0.3, 0.4) is 0 Å². The van der Waals surface area contributed by atoms with E-state index in [1.807, 2.05) is 7.05 Å². The number of fused-ring (bicyclic) bond motifs is 1. The molecule has 1 aliphatic rings. The highest BCUT2D eigenvalue weighted by molar-refractivity contribution is 5.66. The van der Waals surface area contributed by atoms with E-state index in [2.05, 4.69) is 29.3 Å². The van der Waals surface area contributed by atoms with E-state index in [1.54, 1.807) is 10.9 Å². The van der Waals surface area contributed by atoms with Gasteiger partial charge in [0.1, 0.15) is 17.5 Å². The van der Waals surface area contributed by atoms with Crippen LogP contribution in [0.2, 0.25) is 0 Å². The van der Waals surface area contributed by atoms with Crippen LogP contribution in [0.25, 0.3) is 11.3 Å². The first-order valence-corrected chi connectivity index (χ1v) is 6.33. The molecule has 1 heterocycles. The summed E-state index contributed by atoms with van der Waals surface area (Å²) in [6, 6.07) is 8.71. The maximum atomic E-state index is 9.18. The first kappa shape index (κ1) is 11.0. The molecule has 2 aromatic rings. The number of aromatic nitrogens is 2. The number of nitrogens with zero attached hydrogens (tertiary/aromatic N) is 3. The Kier molecular flexibility index (Phi) is 2.64. The largest absolute Gasteiger partial charge is 0.325 e. The number of imidazole rings is 1. The van der Waals surface area contributed by atoms with E-state index >= 15 is 0 Å². The van der Waals surface area contributed by atoms with Crippen molar-refractivity contribution in [2.24, 2.45) is 7.05 Å². The van der Waals surface area contributed by atoms with Crippen LogP contribution in [0, 0.1) is 11.3 Å². The van der Waals surface area contributed by atoms with E-state index in [1.165, 1.54) is 30.4 Å². The first-order valence-electron chi connectivity index (χ1n) is 6.33. The second-order valence-electron chi connectivity index (χ2n) is 4.86. The molecule has 0 amide bonds. The van der Waals surface area contributed by atoms with Gasteiger partial charge in [-0.1, -0.05) is 12.1 Å². The van der Waals surface area contributed by atoms with Gasteiger partial charge in [0.25, 0.3) is 0 Å². The zero-order chi connectivity index (χ0) is 12.5. The van der Waals surface area contributed by atoms with E-state index < -0.39 is 0 Å². The number of hydrogen-bond donors (Lipinski definition) is 0. The predicted molar refractivity (Wildman–Crippen MR) is 70.0 cm³/mol. The first-order chi connectivity index (χ1) is 8.79. The number of benzene rings is 1. The number of nitriles is 1. The molecule has 0 spiro atoms. The van der Waals surface area contributed by atoms with Gasteiger partial charge in [0.05, 0.1) is 6.33 Å². The third-order valence-corrected chi connectivity index (χ3v) is 3.66. The summed E-state index contributed by atoms with van der Waals surface area (Å²) in [7, 11) is 1.85. The van der Waals surface area contributed by atoms with Gasteiger partial charge in [0, 0.05) is 12.6 Å². The van der Waals surface area contributed by atoms with E-state index in [0.29, 0.717) is 5.69 Å². The maximum Gasteiger partial charge on any atom is 0.147 e. The zero-order valence-corrected chi connectivity index (χ0v) is 10.5. The topological polar surface area (TPSA) is 41.6 Å². The lowest BCUT2D eigenvalue weighted by Gasteiger charge is -2.16. The summed E-state index contributed by atoms with van der Waals surface area (Å²) in [6.45, 7) is 0. The Bertz CT molecular complexity index is 632. The van der Waals surface area contributed by atoms with Gasteiger partial charge < -0.3 is 4.57 Å². The second kappa shape index (κ2) is 4.30. The second-order valence-corrected chi connectivity index (χ2v) is 4.86. The van der Waals surface area contributed by atoms with Gasteiger partial charge in [-0.2, -0.15) is 5.26 Å². The van der Waals surface area contributed by atoms with Gasteiger partial charge in [-0.3, -0.25) is 0 Å². The van der Waals surface area contributed by atoms with Gasteiger partial charge >= 0.3 is 0 Å². The lowest BCUT2D eigenvalue weighted by Crippen LogP contribution is -2.02. The van der Waals surface area contributed by atoms with Crippen molar-refractivity contribution in [2.45, 2.75) is 25.7 Å². The zero-order valence-electron chi connectivity index (χ0n) is 10.5. The molecule has 0 aliphatic heterocycles. The summed E-state index contributed by atoms with van der Waals surface area (Å²) in [4.78, 5) is 4.35. The Morgan fingerprint density at radius 2 is 2.00 bits per heavy atom. The summed E-state index contributed by atoms with van der Waals surface area (Å²) in [5.74, 6) is 0. The molecule has 0 unspecified atom stereocenters. The smallest absolute Gasteiger partial charge is 0.147 e. The average Bonchev–Trinajstić information content (AvgIpc) is 2.79. The van der Waals surface area contributed by atoms with E-state index in [0.717, 1.165) is 17.7 Å². The standard InChI is InChI=1S/C15H15N3/c1-18-10-17-15(14(18)9-16)13-7-6-11-4-2-3-5-12(11)8-13/h6-8,10H,2-5H2,1H3. The fourth-order valence-electron chi connectivity index (χ4n) is 2.65. The summed E-state index contributed by atoms with van der Waals surface area (Å²) in [5, 5.41) is 9.18.